The van der Waals surface area contributed by atoms with E-state index in [1.165, 1.54) is 13.2 Å². The van der Waals surface area contributed by atoms with Crippen molar-refractivity contribution in [1.82, 2.24) is 0 Å². The van der Waals surface area contributed by atoms with Crippen LogP contribution in [0.3, 0.4) is 0 Å². The molecular formula is C11H10ClNO3. The molecule has 0 amide bonds. The first-order valence-corrected chi connectivity index (χ1v) is 4.88. The van der Waals surface area contributed by atoms with E-state index in [0.717, 1.165) is 0 Å². The Labute approximate surface area is 98.3 Å². The molecule has 0 radical (unpaired) electrons. The predicted molar refractivity (Wildman–Crippen MR) is 58.5 cm³/mol. The third-order valence-electron chi connectivity index (χ3n) is 1.75. The Morgan fingerprint density at radius 2 is 2.25 bits per heavy atom. The van der Waals surface area contributed by atoms with Crippen molar-refractivity contribution in [2.24, 2.45) is 0 Å². The van der Waals surface area contributed by atoms with Crippen LogP contribution in [-0.2, 0) is 9.53 Å². The number of Topliss-reactive ketones (excluding diaryl/α,β-unsaturated/α-hetero) is 1. The fourth-order valence-electron chi connectivity index (χ4n) is 1.05. The Hall–Kier alpha value is -1.57. The van der Waals surface area contributed by atoms with Gasteiger partial charge in [-0.1, -0.05) is 11.6 Å². The predicted octanol–water partition coefficient (Wildman–Crippen LogP) is 1.81. The number of hydrogen-bond acceptors (Lipinski definition) is 4. The van der Waals surface area contributed by atoms with Gasteiger partial charge in [0.15, 0.2) is 5.78 Å². The van der Waals surface area contributed by atoms with E-state index in [2.05, 4.69) is 4.74 Å². The van der Waals surface area contributed by atoms with Crippen molar-refractivity contribution in [3.8, 4) is 11.8 Å². The van der Waals surface area contributed by atoms with Crippen LogP contribution < -0.4 is 4.74 Å². The Morgan fingerprint density at radius 1 is 1.50 bits per heavy atom. The molecule has 1 aromatic carbocycles. The van der Waals surface area contributed by atoms with Gasteiger partial charge in [0.05, 0.1) is 16.7 Å². The lowest BCUT2D eigenvalue weighted by molar-refractivity contribution is -0.124. The lowest BCUT2D eigenvalue weighted by Crippen LogP contribution is -2.16. The molecule has 0 saturated carbocycles. The van der Waals surface area contributed by atoms with Gasteiger partial charge in [-0.3, -0.25) is 4.79 Å². The summed E-state index contributed by atoms with van der Waals surface area (Å²) in [6, 6.07) is 6.57. The molecule has 0 saturated heterocycles. The van der Waals surface area contributed by atoms with Gasteiger partial charge >= 0.3 is 0 Å². The summed E-state index contributed by atoms with van der Waals surface area (Å²) in [6.45, 7) is -0.0899. The van der Waals surface area contributed by atoms with E-state index in [-0.39, 0.29) is 19.0 Å². The molecule has 1 rings (SSSR count). The third-order valence-corrected chi connectivity index (χ3v) is 2.05. The SMILES string of the molecule is COCC(=O)COc1ccc(C#N)cc1Cl. The molecule has 0 aliphatic rings. The number of methoxy groups -OCH3 is 1. The zero-order valence-electron chi connectivity index (χ0n) is 8.70. The smallest absolute Gasteiger partial charge is 0.195 e. The Kier molecular flexibility index (Phi) is 4.77. The van der Waals surface area contributed by atoms with Crippen LogP contribution >= 0.6 is 11.6 Å². The summed E-state index contributed by atoms with van der Waals surface area (Å²) in [5.74, 6) is 0.202. The molecule has 0 bridgehead atoms. The molecule has 0 atom stereocenters. The molecule has 16 heavy (non-hydrogen) atoms. The largest absolute Gasteiger partial charge is 0.484 e. The number of hydrogen-bond donors (Lipinski definition) is 0. The van der Waals surface area contributed by atoms with Crippen molar-refractivity contribution in [2.45, 2.75) is 0 Å². The van der Waals surface area contributed by atoms with Crippen molar-refractivity contribution in [2.75, 3.05) is 20.3 Å². The normalized spacial score (nSPS) is 9.56. The van der Waals surface area contributed by atoms with E-state index in [1.54, 1.807) is 12.1 Å². The second kappa shape index (κ2) is 6.11. The zero-order valence-corrected chi connectivity index (χ0v) is 9.45. The van der Waals surface area contributed by atoms with Gasteiger partial charge in [0.1, 0.15) is 19.0 Å². The number of halogens is 1. The molecule has 4 nitrogen and oxygen atoms in total. The molecule has 0 aliphatic heterocycles. The van der Waals surface area contributed by atoms with Crippen LogP contribution in [0.1, 0.15) is 5.56 Å². The first-order valence-electron chi connectivity index (χ1n) is 4.50. The number of rotatable bonds is 5. The molecule has 0 N–H and O–H groups in total. The Balaban J connectivity index is 2.62. The first kappa shape index (κ1) is 12.5. The monoisotopic (exact) mass is 239 g/mol. The van der Waals surface area contributed by atoms with Gasteiger partial charge < -0.3 is 9.47 Å². The molecular weight excluding hydrogens is 230 g/mol. The van der Waals surface area contributed by atoms with Gasteiger partial charge in [-0.2, -0.15) is 5.26 Å². The number of nitriles is 1. The van der Waals surface area contributed by atoms with Crippen molar-refractivity contribution >= 4 is 17.4 Å². The van der Waals surface area contributed by atoms with Gasteiger partial charge in [-0.15, -0.1) is 0 Å². The molecule has 0 aliphatic carbocycles. The summed E-state index contributed by atoms with van der Waals surface area (Å²) in [4.78, 5) is 11.1. The maximum absolute atomic E-state index is 11.1. The van der Waals surface area contributed by atoms with Crippen molar-refractivity contribution in [3.05, 3.63) is 28.8 Å². The van der Waals surface area contributed by atoms with Crippen LogP contribution in [0.2, 0.25) is 5.02 Å². The summed E-state index contributed by atoms with van der Waals surface area (Å²) < 4.78 is 9.83. The molecule has 84 valence electrons. The van der Waals surface area contributed by atoms with Crippen LogP contribution in [0.5, 0.6) is 5.75 Å². The number of benzene rings is 1. The van der Waals surface area contributed by atoms with E-state index < -0.39 is 0 Å². The topological polar surface area (TPSA) is 59.3 Å². The van der Waals surface area contributed by atoms with Gasteiger partial charge in [0.2, 0.25) is 0 Å². The highest BCUT2D eigenvalue weighted by Crippen LogP contribution is 2.24. The highest BCUT2D eigenvalue weighted by atomic mass is 35.5. The van der Waals surface area contributed by atoms with Gasteiger partial charge in [-0.05, 0) is 18.2 Å². The third kappa shape index (κ3) is 3.54. The lowest BCUT2D eigenvalue weighted by atomic mass is 10.2. The number of ketones is 1. The minimum atomic E-state index is -0.178. The van der Waals surface area contributed by atoms with Crippen LogP contribution in [0.25, 0.3) is 0 Å². The van der Waals surface area contributed by atoms with Gasteiger partial charge in [0.25, 0.3) is 0 Å². The number of ether oxygens (including phenoxy) is 2. The van der Waals surface area contributed by atoms with Crippen LogP contribution in [0, 0.1) is 11.3 Å². The van der Waals surface area contributed by atoms with Crippen LogP contribution in [0.15, 0.2) is 18.2 Å². The summed E-state index contributed by atoms with van der Waals surface area (Å²) in [7, 11) is 1.44. The number of carbonyl (C=O) groups is 1. The Bertz CT molecular complexity index is 426. The molecule has 1 aromatic rings. The van der Waals surface area contributed by atoms with E-state index in [4.69, 9.17) is 21.6 Å². The van der Waals surface area contributed by atoms with Crippen molar-refractivity contribution < 1.29 is 14.3 Å². The second-order valence-electron chi connectivity index (χ2n) is 3.02. The van der Waals surface area contributed by atoms with E-state index in [1.807, 2.05) is 6.07 Å². The number of nitrogens with zero attached hydrogens (tertiary/aromatic N) is 1. The summed E-state index contributed by atoms with van der Waals surface area (Å²) >= 11 is 5.85. The minimum Gasteiger partial charge on any atom is -0.484 e. The molecule has 0 fully saturated rings. The second-order valence-corrected chi connectivity index (χ2v) is 3.42. The minimum absolute atomic E-state index is 0.00784. The molecule has 0 unspecified atom stereocenters. The van der Waals surface area contributed by atoms with Crippen molar-refractivity contribution in [3.63, 3.8) is 0 Å². The fourth-order valence-corrected chi connectivity index (χ4v) is 1.28. The average Bonchev–Trinajstić information content (AvgIpc) is 2.27. The lowest BCUT2D eigenvalue weighted by Gasteiger charge is -2.06. The van der Waals surface area contributed by atoms with E-state index in [0.29, 0.717) is 16.3 Å². The quantitative estimate of drug-likeness (QED) is 0.786. The zero-order chi connectivity index (χ0) is 12.0. The van der Waals surface area contributed by atoms with Crippen LogP contribution in [-0.4, -0.2) is 26.1 Å². The Morgan fingerprint density at radius 3 is 2.81 bits per heavy atom. The highest BCUT2D eigenvalue weighted by Gasteiger charge is 2.06. The summed E-state index contributed by atoms with van der Waals surface area (Å²) in [5.41, 5.74) is 0.445. The van der Waals surface area contributed by atoms with E-state index >= 15 is 0 Å². The molecule has 0 heterocycles. The standard InChI is InChI=1S/C11H10ClNO3/c1-15-6-9(14)7-16-11-3-2-8(5-13)4-10(11)12/h2-4H,6-7H2,1H3. The van der Waals surface area contributed by atoms with Gasteiger partial charge in [0, 0.05) is 7.11 Å². The van der Waals surface area contributed by atoms with Gasteiger partial charge in [-0.25, -0.2) is 0 Å². The fraction of sp³-hybridized carbons (Fsp3) is 0.273. The summed E-state index contributed by atoms with van der Waals surface area (Å²) in [6.07, 6.45) is 0. The van der Waals surface area contributed by atoms with Crippen molar-refractivity contribution in [1.29, 1.82) is 5.26 Å². The maximum Gasteiger partial charge on any atom is 0.195 e. The molecule has 0 aromatic heterocycles. The summed E-state index contributed by atoms with van der Waals surface area (Å²) in [5, 5.41) is 8.93. The number of carbonyl (C=O) groups excluding carboxylic acids is 1. The van der Waals surface area contributed by atoms with Crippen LogP contribution in [0.4, 0.5) is 0 Å². The maximum atomic E-state index is 11.1. The molecule has 0 spiro atoms. The highest BCUT2D eigenvalue weighted by molar-refractivity contribution is 6.32. The molecule has 5 heteroatoms. The average molecular weight is 240 g/mol. The van der Waals surface area contributed by atoms with E-state index in [9.17, 15) is 4.79 Å². The first-order chi connectivity index (χ1) is 7.67.